The van der Waals surface area contributed by atoms with Crippen LogP contribution in [-0.2, 0) is 20.7 Å². The molecule has 2 saturated heterocycles. The predicted molar refractivity (Wildman–Crippen MR) is 107 cm³/mol. The van der Waals surface area contributed by atoms with Crippen molar-refractivity contribution in [3.05, 3.63) is 60.3 Å². The molecule has 0 N–H and O–H groups in total. The summed E-state index contributed by atoms with van der Waals surface area (Å²) in [6.45, 7) is 7.22. The summed E-state index contributed by atoms with van der Waals surface area (Å²) in [6, 6.07) is 9.45. The second kappa shape index (κ2) is 8.25. The number of imide groups is 1. The smallest absolute Gasteiger partial charge is 0.421 e. The Labute approximate surface area is 171 Å². The van der Waals surface area contributed by atoms with Gasteiger partial charge in [-0.05, 0) is 32.3 Å². The zero-order chi connectivity index (χ0) is 21.2. The highest BCUT2D eigenvalue weighted by molar-refractivity contribution is 6.57. The third-order valence-electron chi connectivity index (χ3n) is 5.02. The number of hydrogen-bond donors (Lipinski definition) is 0. The third-order valence-corrected chi connectivity index (χ3v) is 5.02. The van der Waals surface area contributed by atoms with Gasteiger partial charge in [-0.1, -0.05) is 43.0 Å². The molecule has 8 heteroatoms. The Kier molecular flexibility index (Phi) is 5.93. The van der Waals surface area contributed by atoms with Gasteiger partial charge in [-0.15, -0.1) is 0 Å². The van der Waals surface area contributed by atoms with Crippen LogP contribution in [0.1, 0.15) is 25.8 Å². The van der Waals surface area contributed by atoms with Crippen molar-refractivity contribution in [2.75, 3.05) is 6.61 Å². The van der Waals surface area contributed by atoms with E-state index in [0.717, 1.165) is 10.5 Å². The highest BCUT2D eigenvalue weighted by Gasteiger charge is 2.47. The lowest BCUT2D eigenvalue weighted by atomic mass is 9.95. The van der Waals surface area contributed by atoms with E-state index in [4.69, 9.17) is 17.3 Å². The summed E-state index contributed by atoms with van der Waals surface area (Å²) in [7, 11) is 5.64. The van der Waals surface area contributed by atoms with Crippen LogP contribution in [0, 0.1) is 0 Å². The van der Waals surface area contributed by atoms with E-state index in [2.05, 4.69) is 6.58 Å². The van der Waals surface area contributed by atoms with Gasteiger partial charge < -0.3 is 14.4 Å². The van der Waals surface area contributed by atoms with Gasteiger partial charge in [0.1, 0.15) is 12.3 Å². The molecule has 2 atom stereocenters. The Morgan fingerprint density at radius 1 is 1.31 bits per heavy atom. The summed E-state index contributed by atoms with van der Waals surface area (Å²) in [5.41, 5.74) is 0.469. The fraction of sp³-hybridized carbons (Fsp3) is 0.381. The fourth-order valence-electron chi connectivity index (χ4n) is 3.81. The van der Waals surface area contributed by atoms with Gasteiger partial charge in [0.25, 0.3) is 5.91 Å². The molecule has 0 bridgehead atoms. The lowest BCUT2D eigenvalue weighted by molar-refractivity contribution is -0.121. The number of cyclic esters (lactones) is 1. The van der Waals surface area contributed by atoms with E-state index in [1.54, 1.807) is 24.8 Å². The van der Waals surface area contributed by atoms with Gasteiger partial charge in [0.15, 0.2) is 5.81 Å². The highest BCUT2D eigenvalue weighted by Crippen LogP contribution is 2.35. The molecule has 3 rings (SSSR count). The van der Waals surface area contributed by atoms with E-state index in [0.29, 0.717) is 18.5 Å². The molecule has 29 heavy (non-hydrogen) atoms. The number of carbonyl (C=O) groups is 3. The summed E-state index contributed by atoms with van der Waals surface area (Å²) in [6.07, 6.45) is 2.76. The molecule has 2 aliphatic heterocycles. The van der Waals surface area contributed by atoms with Crippen LogP contribution in [0.4, 0.5) is 9.59 Å². The Bertz CT molecular complexity index is 836. The zero-order valence-electron chi connectivity index (χ0n) is 16.5. The van der Waals surface area contributed by atoms with Crippen molar-refractivity contribution in [2.45, 2.75) is 44.6 Å². The Morgan fingerprint density at radius 3 is 2.59 bits per heavy atom. The Balaban J connectivity index is 1.75. The number of benzene rings is 1. The molecule has 0 unspecified atom stereocenters. The maximum absolute atomic E-state index is 12.3. The van der Waals surface area contributed by atoms with E-state index in [9.17, 15) is 14.4 Å². The van der Waals surface area contributed by atoms with Gasteiger partial charge in [-0.3, -0.25) is 9.59 Å². The average molecular weight is 394 g/mol. The number of amides is 3. The first-order chi connectivity index (χ1) is 13.7. The van der Waals surface area contributed by atoms with Crippen molar-refractivity contribution in [3.63, 3.8) is 0 Å². The van der Waals surface area contributed by atoms with E-state index in [-0.39, 0.29) is 18.8 Å². The van der Waals surface area contributed by atoms with Crippen LogP contribution in [0.3, 0.4) is 0 Å². The summed E-state index contributed by atoms with van der Waals surface area (Å²) >= 11 is 0. The number of ether oxygens (including phenoxy) is 2. The van der Waals surface area contributed by atoms with Crippen LogP contribution < -0.4 is 0 Å². The normalized spacial score (nSPS) is 23.7. The van der Waals surface area contributed by atoms with Crippen molar-refractivity contribution in [3.8, 4) is 0 Å². The van der Waals surface area contributed by atoms with Crippen molar-refractivity contribution in [1.29, 1.82) is 0 Å². The molecule has 0 saturated carbocycles. The van der Waals surface area contributed by atoms with Crippen LogP contribution in [0.25, 0.3) is 0 Å². The molecular weight excluding hydrogens is 371 g/mol. The molecule has 7 nitrogen and oxygen atoms in total. The number of carbonyl (C=O) groups excluding carboxylic acids is 3. The molecule has 2 radical (unpaired) electrons. The molecule has 2 heterocycles. The van der Waals surface area contributed by atoms with Crippen molar-refractivity contribution in [1.82, 2.24) is 9.80 Å². The molecule has 2 aliphatic rings. The zero-order valence-corrected chi connectivity index (χ0v) is 16.5. The summed E-state index contributed by atoms with van der Waals surface area (Å²) in [4.78, 5) is 38.4. The minimum Gasteiger partial charge on any atom is -0.442 e. The first-order valence-corrected chi connectivity index (χ1v) is 9.36. The Morgan fingerprint density at radius 2 is 2.00 bits per heavy atom. The van der Waals surface area contributed by atoms with Gasteiger partial charge in [-0.25, -0.2) is 9.69 Å². The Hall–Kier alpha value is -2.87. The number of rotatable bonds is 5. The highest BCUT2D eigenvalue weighted by atomic mass is 16.6. The summed E-state index contributed by atoms with van der Waals surface area (Å²) in [5, 5.41) is 0. The molecule has 0 spiro atoms. The second-order valence-electron chi connectivity index (χ2n) is 7.50. The monoisotopic (exact) mass is 394 g/mol. The van der Waals surface area contributed by atoms with Crippen LogP contribution in [0.5, 0.6) is 0 Å². The average Bonchev–Trinajstić information content (AvgIpc) is 3.11. The summed E-state index contributed by atoms with van der Waals surface area (Å²) in [5.74, 6) is -1.09. The van der Waals surface area contributed by atoms with Crippen molar-refractivity contribution >= 4 is 25.7 Å². The van der Waals surface area contributed by atoms with E-state index >= 15 is 0 Å². The van der Waals surface area contributed by atoms with Crippen LogP contribution >= 0.6 is 0 Å². The molecule has 0 aliphatic carbocycles. The molecule has 1 aromatic rings. The minimum absolute atomic E-state index is 0.00502. The number of hydrogen-bond acceptors (Lipinski definition) is 5. The second-order valence-corrected chi connectivity index (χ2v) is 7.50. The SMILES string of the molecule is [B]C(=O)N1[C@@H](Cc2ccccc2)[C@@H](C/C=C/C(=O)N2C(=C)COC2=O)OC1(C)C. The fourth-order valence-corrected chi connectivity index (χ4v) is 3.81. The van der Waals surface area contributed by atoms with Crippen LogP contribution in [0.15, 0.2) is 54.8 Å². The van der Waals surface area contributed by atoms with Crippen molar-refractivity contribution < 1.29 is 23.9 Å². The first-order valence-electron chi connectivity index (χ1n) is 9.36. The minimum atomic E-state index is -0.874. The quantitative estimate of drug-likeness (QED) is 0.567. The maximum Gasteiger partial charge on any atom is 0.421 e. The van der Waals surface area contributed by atoms with Gasteiger partial charge in [-0.2, -0.15) is 0 Å². The third kappa shape index (κ3) is 4.43. The van der Waals surface area contributed by atoms with Gasteiger partial charge >= 0.3 is 6.09 Å². The largest absolute Gasteiger partial charge is 0.442 e. The molecular formula is C21H23BN2O5. The van der Waals surface area contributed by atoms with Gasteiger partial charge in [0.05, 0.1) is 17.8 Å². The molecule has 150 valence electrons. The lowest BCUT2D eigenvalue weighted by Crippen LogP contribution is -2.48. The lowest BCUT2D eigenvalue weighted by Gasteiger charge is -2.33. The van der Waals surface area contributed by atoms with E-state index < -0.39 is 23.5 Å². The maximum atomic E-state index is 12.3. The summed E-state index contributed by atoms with van der Waals surface area (Å²) < 4.78 is 10.9. The molecule has 0 aromatic heterocycles. The van der Waals surface area contributed by atoms with Gasteiger partial charge in [0.2, 0.25) is 7.85 Å². The molecule has 2 fully saturated rings. The predicted octanol–water partition coefficient (Wildman–Crippen LogP) is 2.76. The van der Waals surface area contributed by atoms with Crippen LogP contribution in [0.2, 0.25) is 0 Å². The molecule has 1 aromatic carbocycles. The topological polar surface area (TPSA) is 76.2 Å². The van der Waals surface area contributed by atoms with Crippen LogP contribution in [-0.4, -0.2) is 59.9 Å². The van der Waals surface area contributed by atoms with Gasteiger partial charge in [0, 0.05) is 6.08 Å². The standard InChI is InChI=1S/C21H23BN2O5/c1-14-13-28-20(27)23(14)18(25)11-7-10-17-16(12-15-8-5-4-6-9-15)24(19(22)26)21(2,3)29-17/h4-9,11,16-17H,1,10,12-13H2,2-3H3/b11-7+/t16-,17+/m0/s1. The van der Waals surface area contributed by atoms with Crippen molar-refractivity contribution in [2.24, 2.45) is 0 Å². The first kappa shape index (κ1) is 20.9. The molecule has 3 amide bonds. The van der Waals surface area contributed by atoms with E-state index in [1.807, 2.05) is 30.3 Å². The van der Waals surface area contributed by atoms with E-state index in [1.165, 1.54) is 6.08 Å². The number of nitrogens with zero attached hydrogens (tertiary/aromatic N) is 2.